The molecule has 2 aromatic rings. The number of methoxy groups -OCH3 is 1. The Kier molecular flexibility index (Phi) is 14.4. The summed E-state index contributed by atoms with van der Waals surface area (Å²) in [6.07, 6.45) is -2.49. The molecule has 0 amide bonds. The molecule has 0 aromatic heterocycles. The van der Waals surface area contributed by atoms with Crippen LogP contribution in [0.25, 0.3) is 0 Å². The van der Waals surface area contributed by atoms with Gasteiger partial charge in [-0.1, -0.05) is 64.8 Å². The molecule has 0 radical (unpaired) electrons. The van der Waals surface area contributed by atoms with Crippen molar-refractivity contribution in [2.45, 2.75) is 71.9 Å². The molecule has 242 valence electrons. The lowest BCUT2D eigenvalue weighted by Crippen LogP contribution is -2.53. The number of esters is 1. The average molecular weight is 618 g/mol. The van der Waals surface area contributed by atoms with E-state index in [1.165, 1.54) is 25.3 Å². The molecule has 12 heteroatoms. The van der Waals surface area contributed by atoms with Gasteiger partial charge in [0.05, 0.1) is 20.3 Å². The van der Waals surface area contributed by atoms with Crippen molar-refractivity contribution in [3.05, 3.63) is 54.1 Å². The van der Waals surface area contributed by atoms with Gasteiger partial charge in [0.25, 0.3) is 0 Å². The van der Waals surface area contributed by atoms with Crippen molar-refractivity contribution in [1.82, 2.24) is 0 Å². The first-order valence-electron chi connectivity index (χ1n) is 14.5. The fourth-order valence-corrected chi connectivity index (χ4v) is 3.84. The lowest BCUT2D eigenvalue weighted by molar-refractivity contribution is -0.148. The molecule has 44 heavy (non-hydrogen) atoms. The van der Waals surface area contributed by atoms with Crippen molar-refractivity contribution >= 4 is 24.4 Å². The third-order valence-electron chi connectivity index (χ3n) is 6.76. The van der Waals surface area contributed by atoms with Crippen LogP contribution in [-0.4, -0.2) is 56.4 Å². The van der Waals surface area contributed by atoms with Crippen molar-refractivity contribution in [3.63, 3.8) is 0 Å². The Morgan fingerprint density at radius 1 is 0.773 bits per heavy atom. The molecule has 4 atom stereocenters. The molecule has 0 aliphatic heterocycles. The highest BCUT2D eigenvalue weighted by Crippen LogP contribution is 2.32. The normalized spacial score (nSPS) is 14.2. The van der Waals surface area contributed by atoms with Crippen LogP contribution in [0, 0.1) is 11.8 Å². The summed E-state index contributed by atoms with van der Waals surface area (Å²) in [5, 5.41) is 0. The molecule has 0 aliphatic rings. The van der Waals surface area contributed by atoms with Gasteiger partial charge in [0.1, 0.15) is 17.4 Å². The molecule has 0 heterocycles. The predicted octanol–water partition coefficient (Wildman–Crippen LogP) is 6.22. The maximum Gasteiger partial charge on any atom is 0.514 e. The van der Waals surface area contributed by atoms with Crippen LogP contribution in [0.4, 0.5) is 14.4 Å². The van der Waals surface area contributed by atoms with E-state index in [0.29, 0.717) is 5.56 Å². The zero-order chi connectivity index (χ0) is 32.7. The number of rotatable bonds is 15. The Hall–Kier alpha value is -4.32. The minimum atomic E-state index is -1.67. The number of hydrogen-bond donors (Lipinski definition) is 1. The summed E-state index contributed by atoms with van der Waals surface area (Å²) >= 11 is 0. The van der Waals surface area contributed by atoms with E-state index in [0.717, 1.165) is 12.8 Å². The van der Waals surface area contributed by atoms with E-state index in [4.69, 9.17) is 38.9 Å². The van der Waals surface area contributed by atoms with Crippen LogP contribution in [0.2, 0.25) is 0 Å². The van der Waals surface area contributed by atoms with E-state index in [1.54, 1.807) is 37.3 Å². The summed E-state index contributed by atoms with van der Waals surface area (Å²) in [5.41, 5.74) is 5.26. The summed E-state index contributed by atoms with van der Waals surface area (Å²) in [4.78, 5) is 49.9. The minimum Gasteiger partial charge on any atom is -0.468 e. The molecule has 0 saturated carbocycles. The molecule has 3 unspecified atom stereocenters. The highest BCUT2D eigenvalue weighted by molar-refractivity contribution is 5.81. The van der Waals surface area contributed by atoms with Crippen molar-refractivity contribution in [3.8, 4) is 17.2 Å². The number of para-hydroxylation sites is 1. The third kappa shape index (κ3) is 12.1. The lowest BCUT2D eigenvalue weighted by Gasteiger charge is -2.29. The SMILES string of the molecule is CCC(C)COC(=O)Oc1ccc(CC(N)(C[C@H](C)OC(=O)Oc2ccccc2)C(=O)OC)cc1OC(=O)OCC(C)CC. The Bertz CT molecular complexity index is 1240. The monoisotopic (exact) mass is 617 g/mol. The summed E-state index contributed by atoms with van der Waals surface area (Å²) in [6.45, 7) is 9.58. The average Bonchev–Trinajstić information content (AvgIpc) is 2.99. The van der Waals surface area contributed by atoms with Crippen LogP contribution in [0.3, 0.4) is 0 Å². The number of nitrogens with two attached hydrogens (primary N) is 1. The summed E-state index contributed by atoms with van der Waals surface area (Å²) in [6, 6.07) is 12.7. The summed E-state index contributed by atoms with van der Waals surface area (Å²) in [5.74, 6) is -0.512. The molecule has 0 aliphatic carbocycles. The highest BCUT2D eigenvalue weighted by atomic mass is 16.7. The quantitative estimate of drug-likeness (QED) is 0.137. The lowest BCUT2D eigenvalue weighted by atomic mass is 9.86. The maximum atomic E-state index is 12.8. The molecule has 0 bridgehead atoms. The molecular formula is C32H43NO11. The Morgan fingerprint density at radius 3 is 1.89 bits per heavy atom. The highest BCUT2D eigenvalue weighted by Gasteiger charge is 2.38. The van der Waals surface area contributed by atoms with Crippen molar-refractivity contribution in [2.24, 2.45) is 17.6 Å². The largest absolute Gasteiger partial charge is 0.514 e. The van der Waals surface area contributed by atoms with E-state index in [-0.39, 0.29) is 55.1 Å². The van der Waals surface area contributed by atoms with Crippen LogP contribution < -0.4 is 19.9 Å². The van der Waals surface area contributed by atoms with Crippen molar-refractivity contribution in [2.75, 3.05) is 20.3 Å². The summed E-state index contributed by atoms with van der Waals surface area (Å²) < 4.78 is 36.5. The van der Waals surface area contributed by atoms with Gasteiger partial charge in [-0.2, -0.15) is 0 Å². The first-order valence-corrected chi connectivity index (χ1v) is 14.5. The summed E-state index contributed by atoms with van der Waals surface area (Å²) in [7, 11) is 1.18. The van der Waals surface area contributed by atoms with Crippen LogP contribution >= 0.6 is 0 Å². The number of benzene rings is 2. The van der Waals surface area contributed by atoms with Gasteiger partial charge in [0.2, 0.25) is 0 Å². The number of hydrogen-bond acceptors (Lipinski definition) is 12. The second-order valence-electron chi connectivity index (χ2n) is 10.8. The topological polar surface area (TPSA) is 159 Å². The second-order valence-corrected chi connectivity index (χ2v) is 10.8. The number of ether oxygens (including phenoxy) is 7. The van der Waals surface area contributed by atoms with Gasteiger partial charge in [-0.3, -0.25) is 4.79 Å². The molecule has 2 rings (SSSR count). The molecule has 0 fully saturated rings. The molecular weight excluding hydrogens is 574 g/mol. The van der Waals surface area contributed by atoms with Crippen LogP contribution in [-0.2, 0) is 30.2 Å². The van der Waals surface area contributed by atoms with E-state index in [9.17, 15) is 19.2 Å². The van der Waals surface area contributed by atoms with Gasteiger partial charge >= 0.3 is 24.4 Å². The smallest absolute Gasteiger partial charge is 0.468 e. The fraction of sp³-hybridized carbons (Fsp3) is 0.500. The Labute approximate surface area is 258 Å². The Morgan fingerprint density at radius 2 is 1.34 bits per heavy atom. The van der Waals surface area contributed by atoms with Crippen LogP contribution in [0.15, 0.2) is 48.5 Å². The maximum absolute atomic E-state index is 12.8. The van der Waals surface area contributed by atoms with Crippen LogP contribution in [0.1, 0.15) is 59.4 Å². The number of carbonyl (C=O) groups is 4. The van der Waals surface area contributed by atoms with Gasteiger partial charge in [0.15, 0.2) is 11.5 Å². The fourth-order valence-electron chi connectivity index (χ4n) is 3.84. The Balaban J connectivity index is 2.24. The first-order chi connectivity index (χ1) is 20.9. The van der Waals surface area contributed by atoms with E-state index in [1.807, 2.05) is 27.7 Å². The standard InChI is InChI=1S/C32H43NO11/c1-7-21(3)19-39-29(35)43-26-15-14-24(16-27(26)44-30(36)40-20-22(4)8-2)18-32(33,28(34)38-6)17-23(5)41-31(37)42-25-12-10-9-11-13-25/h9-16,21-23H,7-8,17-20,33H2,1-6H3/t21?,22?,23-,32?/m0/s1. The zero-order valence-electron chi connectivity index (χ0n) is 26.2. The molecule has 12 nitrogen and oxygen atoms in total. The van der Waals surface area contributed by atoms with Gasteiger partial charge in [-0.15, -0.1) is 0 Å². The molecule has 0 spiro atoms. The number of carbonyl (C=O) groups excluding carboxylic acids is 4. The van der Waals surface area contributed by atoms with E-state index in [2.05, 4.69) is 0 Å². The van der Waals surface area contributed by atoms with Crippen molar-refractivity contribution < 1.29 is 52.3 Å². The molecule has 2 aromatic carbocycles. The first kappa shape index (κ1) is 35.9. The minimum absolute atomic E-state index is 0.104. The zero-order valence-corrected chi connectivity index (χ0v) is 26.2. The van der Waals surface area contributed by atoms with Crippen molar-refractivity contribution in [1.29, 1.82) is 0 Å². The van der Waals surface area contributed by atoms with Gasteiger partial charge in [0, 0.05) is 12.8 Å². The molecule has 0 saturated heterocycles. The predicted molar refractivity (Wildman–Crippen MR) is 160 cm³/mol. The van der Waals surface area contributed by atoms with Gasteiger partial charge in [-0.05, 0) is 48.6 Å². The van der Waals surface area contributed by atoms with Crippen LogP contribution in [0.5, 0.6) is 17.2 Å². The van der Waals surface area contributed by atoms with Gasteiger partial charge in [-0.25, -0.2) is 14.4 Å². The molecule has 2 N–H and O–H groups in total. The third-order valence-corrected chi connectivity index (χ3v) is 6.76. The second kappa shape index (κ2) is 17.7. The van der Waals surface area contributed by atoms with E-state index < -0.39 is 36.1 Å². The van der Waals surface area contributed by atoms with Gasteiger partial charge < -0.3 is 38.9 Å². The van der Waals surface area contributed by atoms with E-state index >= 15 is 0 Å².